The van der Waals surface area contributed by atoms with Crippen molar-refractivity contribution in [3.05, 3.63) is 54.1 Å². The molecule has 0 saturated carbocycles. The van der Waals surface area contributed by atoms with Gasteiger partial charge in [0.05, 0.1) is 6.54 Å². The Balaban J connectivity index is 2.49. The quantitative estimate of drug-likeness (QED) is 0.661. The Kier molecular flexibility index (Phi) is 6.23. The fraction of sp³-hybridized carbons (Fsp3) is 0.250. The number of benzene rings is 1. The van der Waals surface area contributed by atoms with Gasteiger partial charge in [-0.2, -0.15) is 0 Å². The molecule has 0 aliphatic carbocycles. The number of amides is 2. The summed E-state index contributed by atoms with van der Waals surface area (Å²) >= 11 is 0. The van der Waals surface area contributed by atoms with Gasteiger partial charge in [0.15, 0.2) is 0 Å². The van der Waals surface area contributed by atoms with E-state index in [-0.39, 0.29) is 18.4 Å². The summed E-state index contributed by atoms with van der Waals surface area (Å²) in [7, 11) is 1.59. The lowest BCUT2D eigenvalue weighted by Gasteiger charge is -2.14. The van der Waals surface area contributed by atoms with Gasteiger partial charge in [-0.15, -0.1) is 0 Å². The van der Waals surface area contributed by atoms with Crippen molar-refractivity contribution in [3.8, 4) is 0 Å². The molecule has 1 aromatic rings. The predicted molar refractivity (Wildman–Crippen MR) is 81.4 cm³/mol. The second-order valence-corrected chi connectivity index (χ2v) is 4.49. The zero-order valence-corrected chi connectivity index (χ0v) is 12.1. The number of hydrogen-bond donors (Lipinski definition) is 1. The average Bonchev–Trinajstić information content (AvgIpc) is 2.41. The number of nitrogens with one attached hydrogen (secondary N) is 1. The van der Waals surface area contributed by atoms with Crippen LogP contribution in [0.3, 0.4) is 0 Å². The Bertz CT molecular complexity index is 516. The summed E-state index contributed by atoms with van der Waals surface area (Å²) in [5.74, 6) is -0.425. The molecular formula is C16H20N2O2. The van der Waals surface area contributed by atoms with E-state index in [1.807, 2.05) is 44.2 Å². The summed E-state index contributed by atoms with van der Waals surface area (Å²) in [5.41, 5.74) is 1.86. The zero-order chi connectivity index (χ0) is 15.0. The molecule has 4 heteroatoms. The third-order valence-electron chi connectivity index (χ3n) is 2.63. The molecule has 0 heterocycles. The molecule has 106 valence electrons. The molecule has 0 unspecified atom stereocenters. The van der Waals surface area contributed by atoms with Crippen molar-refractivity contribution in [2.45, 2.75) is 13.8 Å². The van der Waals surface area contributed by atoms with Crippen LogP contribution in [0.5, 0.6) is 0 Å². The summed E-state index contributed by atoms with van der Waals surface area (Å²) in [4.78, 5) is 24.8. The highest BCUT2D eigenvalue weighted by Gasteiger charge is 2.10. The Morgan fingerprint density at radius 1 is 1.20 bits per heavy atom. The van der Waals surface area contributed by atoms with Gasteiger partial charge >= 0.3 is 0 Å². The van der Waals surface area contributed by atoms with E-state index in [9.17, 15) is 9.59 Å². The Morgan fingerprint density at radius 2 is 1.85 bits per heavy atom. The van der Waals surface area contributed by atoms with Gasteiger partial charge in [0.2, 0.25) is 11.8 Å². The van der Waals surface area contributed by atoms with Gasteiger partial charge in [-0.3, -0.25) is 9.59 Å². The molecule has 1 N–H and O–H groups in total. The molecule has 20 heavy (non-hydrogen) atoms. The smallest absolute Gasteiger partial charge is 0.246 e. The lowest BCUT2D eigenvalue weighted by Crippen LogP contribution is -2.33. The maximum Gasteiger partial charge on any atom is 0.246 e. The molecule has 0 aromatic heterocycles. The van der Waals surface area contributed by atoms with Crippen LogP contribution in [0.4, 0.5) is 5.69 Å². The first-order valence-corrected chi connectivity index (χ1v) is 6.44. The number of hydrogen-bond acceptors (Lipinski definition) is 2. The van der Waals surface area contributed by atoms with Crippen LogP contribution in [0.15, 0.2) is 48.6 Å². The van der Waals surface area contributed by atoms with Gasteiger partial charge in [0, 0.05) is 18.8 Å². The summed E-state index contributed by atoms with van der Waals surface area (Å²) in [6.07, 6.45) is 6.67. The topological polar surface area (TPSA) is 49.4 Å². The second-order valence-electron chi connectivity index (χ2n) is 4.49. The number of nitrogens with zero attached hydrogens (tertiary/aromatic N) is 1. The van der Waals surface area contributed by atoms with Crippen LogP contribution < -0.4 is 5.32 Å². The Labute approximate surface area is 119 Å². The first-order chi connectivity index (χ1) is 9.52. The van der Waals surface area contributed by atoms with Gasteiger partial charge in [-0.1, -0.05) is 35.9 Å². The number of aryl methyl sites for hydroxylation is 1. The van der Waals surface area contributed by atoms with Crippen molar-refractivity contribution in [2.24, 2.45) is 0 Å². The summed E-state index contributed by atoms with van der Waals surface area (Å²) in [5, 5.41) is 2.75. The molecular weight excluding hydrogens is 252 g/mol. The first kappa shape index (κ1) is 15.7. The molecule has 0 fully saturated rings. The highest BCUT2D eigenvalue weighted by Crippen LogP contribution is 2.08. The van der Waals surface area contributed by atoms with E-state index in [0.29, 0.717) is 0 Å². The largest absolute Gasteiger partial charge is 0.333 e. The minimum Gasteiger partial charge on any atom is -0.333 e. The van der Waals surface area contributed by atoms with E-state index in [1.165, 1.54) is 11.0 Å². The molecule has 0 spiro atoms. The Hall–Kier alpha value is -2.36. The standard InChI is InChI=1S/C16H20N2O2/c1-4-5-6-7-16(20)18(3)12-15(19)17-14-10-8-13(2)9-11-14/h4-11H,12H2,1-3H3,(H,17,19)/b5-4+,7-6+. The third kappa shape index (κ3) is 5.52. The zero-order valence-electron chi connectivity index (χ0n) is 12.1. The molecule has 4 nitrogen and oxygen atoms in total. The molecule has 0 aliphatic rings. The molecule has 0 saturated heterocycles. The van der Waals surface area contributed by atoms with Gasteiger partial charge in [-0.25, -0.2) is 0 Å². The van der Waals surface area contributed by atoms with Crippen LogP contribution in [-0.4, -0.2) is 30.3 Å². The van der Waals surface area contributed by atoms with Crippen molar-refractivity contribution >= 4 is 17.5 Å². The van der Waals surface area contributed by atoms with E-state index in [4.69, 9.17) is 0 Å². The van der Waals surface area contributed by atoms with Crippen LogP contribution >= 0.6 is 0 Å². The SMILES string of the molecule is C/C=C/C=C/C(=O)N(C)CC(=O)Nc1ccc(C)cc1. The number of anilines is 1. The van der Waals surface area contributed by atoms with Gasteiger partial charge in [0.1, 0.15) is 0 Å². The number of carbonyl (C=O) groups excluding carboxylic acids is 2. The molecule has 0 aliphatic heterocycles. The van der Waals surface area contributed by atoms with E-state index in [2.05, 4.69) is 5.32 Å². The summed E-state index contributed by atoms with van der Waals surface area (Å²) < 4.78 is 0. The van der Waals surface area contributed by atoms with E-state index < -0.39 is 0 Å². The van der Waals surface area contributed by atoms with Gasteiger partial charge in [0.25, 0.3) is 0 Å². The molecule has 0 radical (unpaired) electrons. The lowest BCUT2D eigenvalue weighted by molar-refractivity contribution is -0.129. The van der Waals surface area contributed by atoms with E-state index in [0.717, 1.165) is 11.3 Å². The highest BCUT2D eigenvalue weighted by atomic mass is 16.2. The lowest BCUT2D eigenvalue weighted by atomic mass is 10.2. The van der Waals surface area contributed by atoms with Crippen LogP contribution in [0.1, 0.15) is 12.5 Å². The average molecular weight is 272 g/mol. The number of carbonyl (C=O) groups is 2. The minimum atomic E-state index is -0.218. The van der Waals surface area contributed by atoms with Crippen LogP contribution in [0, 0.1) is 6.92 Å². The fourth-order valence-electron chi connectivity index (χ4n) is 1.51. The van der Waals surface area contributed by atoms with E-state index >= 15 is 0 Å². The Morgan fingerprint density at radius 3 is 2.45 bits per heavy atom. The molecule has 1 aromatic carbocycles. The third-order valence-corrected chi connectivity index (χ3v) is 2.63. The van der Waals surface area contributed by atoms with Crippen molar-refractivity contribution in [2.75, 3.05) is 18.9 Å². The normalized spacial score (nSPS) is 10.9. The van der Waals surface area contributed by atoms with Crippen LogP contribution in [0.25, 0.3) is 0 Å². The fourth-order valence-corrected chi connectivity index (χ4v) is 1.51. The maximum absolute atomic E-state index is 11.8. The first-order valence-electron chi connectivity index (χ1n) is 6.44. The maximum atomic E-state index is 11.8. The van der Waals surface area contributed by atoms with Crippen LogP contribution in [0.2, 0.25) is 0 Å². The monoisotopic (exact) mass is 272 g/mol. The van der Waals surface area contributed by atoms with Crippen molar-refractivity contribution in [1.29, 1.82) is 0 Å². The molecule has 0 atom stereocenters. The summed E-state index contributed by atoms with van der Waals surface area (Å²) in [6.45, 7) is 3.87. The predicted octanol–water partition coefficient (Wildman–Crippen LogP) is 2.52. The molecule has 0 bridgehead atoms. The number of allylic oxidation sites excluding steroid dienone is 3. The van der Waals surface area contributed by atoms with Crippen molar-refractivity contribution in [3.63, 3.8) is 0 Å². The van der Waals surface area contributed by atoms with E-state index in [1.54, 1.807) is 19.2 Å². The molecule has 1 rings (SSSR count). The number of rotatable bonds is 5. The van der Waals surface area contributed by atoms with Gasteiger partial charge < -0.3 is 10.2 Å². The minimum absolute atomic E-state index is 0.0207. The summed E-state index contributed by atoms with van der Waals surface area (Å²) in [6, 6.07) is 7.51. The highest BCUT2D eigenvalue weighted by molar-refractivity contribution is 5.96. The molecule has 2 amide bonds. The number of likely N-dealkylation sites (N-methyl/N-ethyl adjacent to an activating group) is 1. The van der Waals surface area contributed by atoms with Crippen molar-refractivity contribution in [1.82, 2.24) is 4.90 Å². The van der Waals surface area contributed by atoms with Crippen LogP contribution in [-0.2, 0) is 9.59 Å². The second kappa shape index (κ2) is 7.94. The van der Waals surface area contributed by atoms with Gasteiger partial charge in [-0.05, 0) is 26.0 Å². The van der Waals surface area contributed by atoms with Crippen molar-refractivity contribution < 1.29 is 9.59 Å².